The van der Waals surface area contributed by atoms with Crippen molar-refractivity contribution in [2.24, 2.45) is 0 Å². The lowest BCUT2D eigenvalue weighted by molar-refractivity contribution is -0.157. The summed E-state index contributed by atoms with van der Waals surface area (Å²) >= 11 is 0. The topological polar surface area (TPSA) is 332 Å². The second kappa shape index (κ2) is 17.4. The Labute approximate surface area is 277 Å². The zero-order chi connectivity index (χ0) is 36.2. The molecule has 20 nitrogen and oxygen atoms in total. The van der Waals surface area contributed by atoms with Crippen LogP contribution >= 0.6 is 0 Å². The van der Waals surface area contributed by atoms with Crippen LogP contribution in [0.25, 0.3) is 11.2 Å². The number of hydrogen-bond acceptors (Lipinski definition) is 14. The third-order valence-corrected chi connectivity index (χ3v) is 7.06. The number of hydrogen-bond donors (Lipinski definition) is 11. The first-order valence-corrected chi connectivity index (χ1v) is 14.9. The zero-order valence-electron chi connectivity index (χ0n) is 26.1. The Hall–Kier alpha value is -5.73. The Bertz CT molecular complexity index is 1720. The first kappa shape index (κ1) is 37.7. The Morgan fingerprint density at radius 1 is 0.918 bits per heavy atom. The van der Waals surface area contributed by atoms with Gasteiger partial charge in [0.05, 0.1) is 18.4 Å². The van der Waals surface area contributed by atoms with Crippen molar-refractivity contribution in [3.05, 3.63) is 52.1 Å². The summed E-state index contributed by atoms with van der Waals surface area (Å²) in [6.07, 6.45) is -4.98. The molecule has 0 fully saturated rings. The number of amides is 3. The number of nitrogens with two attached hydrogens (primary N) is 1. The standard InChI is InChI=1S/C29H37N9O11/c1-13(2-8-19(40)32-12-18(39)22(42)23(43)28(48)49)34-20(41)9-7-17(27(46)47)36-25(44)14-3-5-15(6-4-14)31-10-16-11-33-24-21(35-16)26(45)38-29(30)37-24/h3-6,11,13,17-18,22-23,31,39,42-43H,2,7-10,12H2,1H3,(H,32,40)(H,34,41)(H,36,44)(H,46,47)(H,48,49)(H3,30,33,37,38,45)/t13-,17+,18+,22-,23+/m1/s1. The van der Waals surface area contributed by atoms with Gasteiger partial charge >= 0.3 is 11.9 Å². The van der Waals surface area contributed by atoms with Gasteiger partial charge in [0, 0.05) is 36.7 Å². The molecule has 0 unspecified atom stereocenters. The highest BCUT2D eigenvalue weighted by Crippen LogP contribution is 2.13. The summed E-state index contributed by atoms with van der Waals surface area (Å²) < 4.78 is 0. The number of H-pyrrole nitrogens is 1. The summed E-state index contributed by atoms with van der Waals surface area (Å²) in [6.45, 7) is 1.27. The maximum absolute atomic E-state index is 12.7. The molecule has 5 atom stereocenters. The summed E-state index contributed by atoms with van der Waals surface area (Å²) in [6, 6.07) is 4.20. The molecule has 0 bridgehead atoms. The molecule has 3 aromatic rings. The van der Waals surface area contributed by atoms with Crippen molar-refractivity contribution in [1.82, 2.24) is 35.9 Å². The number of aliphatic hydroxyl groups excluding tert-OH is 3. The number of carboxylic acids is 2. The number of benzene rings is 1. The molecule has 0 saturated carbocycles. The highest BCUT2D eigenvalue weighted by Gasteiger charge is 2.30. The zero-order valence-corrected chi connectivity index (χ0v) is 26.1. The normalized spacial score (nSPS) is 14.1. The summed E-state index contributed by atoms with van der Waals surface area (Å²) in [4.78, 5) is 86.2. The number of nitrogens with one attached hydrogen (secondary N) is 5. The molecular weight excluding hydrogens is 650 g/mol. The van der Waals surface area contributed by atoms with Gasteiger partial charge in [-0.3, -0.25) is 24.2 Å². The molecule has 49 heavy (non-hydrogen) atoms. The quantitative estimate of drug-likeness (QED) is 0.0655. The van der Waals surface area contributed by atoms with Crippen molar-refractivity contribution >= 4 is 52.5 Å². The Balaban J connectivity index is 1.41. The smallest absolute Gasteiger partial charge is 0.335 e. The number of carboxylic acid groups (broad SMARTS) is 2. The van der Waals surface area contributed by atoms with Gasteiger partial charge in [-0.05, 0) is 44.0 Å². The van der Waals surface area contributed by atoms with E-state index in [-0.39, 0.29) is 54.9 Å². The first-order chi connectivity index (χ1) is 23.1. The largest absolute Gasteiger partial charge is 0.480 e. The minimum Gasteiger partial charge on any atom is -0.480 e. The van der Waals surface area contributed by atoms with Crippen molar-refractivity contribution in [3.63, 3.8) is 0 Å². The molecule has 2 aromatic heterocycles. The predicted molar refractivity (Wildman–Crippen MR) is 170 cm³/mol. The summed E-state index contributed by atoms with van der Waals surface area (Å²) in [7, 11) is 0. The van der Waals surface area contributed by atoms with Crippen LogP contribution in [0.5, 0.6) is 0 Å². The number of carbonyl (C=O) groups is 5. The fourth-order valence-electron chi connectivity index (χ4n) is 4.31. The molecule has 0 aliphatic rings. The van der Waals surface area contributed by atoms with Gasteiger partial charge in [0.25, 0.3) is 11.5 Å². The lowest BCUT2D eigenvalue weighted by atomic mass is 10.1. The molecule has 3 amide bonds. The summed E-state index contributed by atoms with van der Waals surface area (Å²) in [5.74, 6) is -4.94. The SMILES string of the molecule is C[C@H](CCC(=O)NC[C@H](O)[C@@H](O)[C@H](O)C(=O)O)NC(=O)CC[C@H](NC(=O)c1ccc(NCc2cnc3nc(N)[nH]c(=O)c3n2)cc1)C(=O)O. The molecule has 2 heterocycles. The van der Waals surface area contributed by atoms with Crippen LogP contribution in [0.3, 0.4) is 0 Å². The van der Waals surface area contributed by atoms with E-state index >= 15 is 0 Å². The minimum absolute atomic E-state index is 0.0256. The molecule has 0 saturated heterocycles. The van der Waals surface area contributed by atoms with Gasteiger partial charge < -0.3 is 52.5 Å². The fourth-order valence-corrected chi connectivity index (χ4v) is 4.31. The fraction of sp³-hybridized carbons (Fsp3) is 0.414. The van der Waals surface area contributed by atoms with Gasteiger partial charge in [-0.2, -0.15) is 4.98 Å². The van der Waals surface area contributed by atoms with Crippen LogP contribution in [-0.2, 0) is 25.7 Å². The predicted octanol–water partition coefficient (Wildman–Crippen LogP) is -2.56. The molecule has 0 aliphatic heterocycles. The lowest BCUT2D eigenvalue weighted by Gasteiger charge is -2.20. The number of aromatic amines is 1. The molecule has 12 N–H and O–H groups in total. The third-order valence-electron chi connectivity index (χ3n) is 7.06. The van der Waals surface area contributed by atoms with Gasteiger partial charge in [0.2, 0.25) is 17.8 Å². The first-order valence-electron chi connectivity index (χ1n) is 14.9. The number of aliphatic carboxylic acids is 2. The van der Waals surface area contributed by atoms with E-state index in [9.17, 15) is 49.2 Å². The van der Waals surface area contributed by atoms with Gasteiger partial charge in [-0.15, -0.1) is 0 Å². The second-order valence-corrected chi connectivity index (χ2v) is 11.0. The molecule has 0 radical (unpaired) electrons. The van der Waals surface area contributed by atoms with Gasteiger partial charge in [-0.1, -0.05) is 0 Å². The van der Waals surface area contributed by atoms with E-state index in [0.29, 0.717) is 11.4 Å². The highest BCUT2D eigenvalue weighted by molar-refractivity contribution is 5.97. The van der Waals surface area contributed by atoms with Crippen molar-refractivity contribution in [3.8, 4) is 0 Å². The number of aliphatic hydroxyl groups is 3. The van der Waals surface area contributed by atoms with Crippen LogP contribution in [0.2, 0.25) is 0 Å². The van der Waals surface area contributed by atoms with Gasteiger partial charge in [-0.25, -0.2) is 19.6 Å². The van der Waals surface area contributed by atoms with Crippen LogP contribution < -0.4 is 32.6 Å². The van der Waals surface area contributed by atoms with Crippen molar-refractivity contribution in [1.29, 1.82) is 0 Å². The van der Waals surface area contributed by atoms with E-state index in [0.717, 1.165) is 0 Å². The number of nitrogen functional groups attached to an aromatic ring is 1. The molecule has 264 valence electrons. The van der Waals surface area contributed by atoms with Crippen molar-refractivity contribution in [2.75, 3.05) is 17.6 Å². The second-order valence-electron chi connectivity index (χ2n) is 11.0. The van der Waals surface area contributed by atoms with Gasteiger partial charge in [0.1, 0.15) is 18.2 Å². The molecule has 20 heteroatoms. The number of carbonyl (C=O) groups excluding carboxylic acids is 3. The maximum atomic E-state index is 12.7. The molecule has 0 aliphatic carbocycles. The van der Waals surface area contributed by atoms with Crippen molar-refractivity contribution < 1.29 is 49.5 Å². The minimum atomic E-state index is -2.23. The number of anilines is 2. The summed E-state index contributed by atoms with van der Waals surface area (Å²) in [5.41, 5.74) is 6.29. The Kier molecular flexibility index (Phi) is 13.4. The lowest BCUT2D eigenvalue weighted by Crippen LogP contribution is -2.47. The molecule has 0 spiro atoms. The van der Waals surface area contributed by atoms with Gasteiger partial charge in [0.15, 0.2) is 17.3 Å². The maximum Gasteiger partial charge on any atom is 0.335 e. The van der Waals surface area contributed by atoms with Crippen LogP contribution in [0.4, 0.5) is 11.6 Å². The Morgan fingerprint density at radius 3 is 2.24 bits per heavy atom. The van der Waals surface area contributed by atoms with E-state index < -0.39 is 72.2 Å². The van der Waals surface area contributed by atoms with Crippen LogP contribution in [0.1, 0.15) is 48.7 Å². The molecule has 3 rings (SSSR count). The van der Waals surface area contributed by atoms with E-state index in [4.69, 9.17) is 10.8 Å². The van der Waals surface area contributed by atoms with E-state index in [1.807, 2.05) is 0 Å². The highest BCUT2D eigenvalue weighted by atomic mass is 16.4. The van der Waals surface area contributed by atoms with Crippen molar-refractivity contribution in [2.45, 2.75) is 69.5 Å². The number of aromatic nitrogens is 4. The molecule has 1 aromatic carbocycles. The van der Waals surface area contributed by atoms with Crippen LogP contribution in [-0.4, -0.2) is 112 Å². The van der Waals surface area contributed by atoms with E-state index in [1.165, 1.54) is 18.3 Å². The summed E-state index contributed by atoms with van der Waals surface area (Å²) in [5, 5.41) is 57.1. The Morgan fingerprint density at radius 2 is 1.59 bits per heavy atom. The monoisotopic (exact) mass is 687 g/mol. The molecular formula is C29H37N9O11. The average Bonchev–Trinajstić information content (AvgIpc) is 3.06. The number of nitrogens with zero attached hydrogens (tertiary/aromatic N) is 3. The third kappa shape index (κ3) is 11.5. The number of fused-ring (bicyclic) bond motifs is 1. The number of rotatable bonds is 18. The van der Waals surface area contributed by atoms with Crippen LogP contribution in [0.15, 0.2) is 35.3 Å². The van der Waals surface area contributed by atoms with E-state index in [1.54, 1.807) is 19.1 Å². The van der Waals surface area contributed by atoms with Crippen LogP contribution in [0, 0.1) is 0 Å². The van der Waals surface area contributed by atoms with E-state index in [2.05, 4.69) is 41.2 Å². The average molecular weight is 688 g/mol.